The van der Waals surface area contributed by atoms with Gasteiger partial charge < -0.3 is 0 Å². The first-order chi connectivity index (χ1) is 10.6. The Morgan fingerprint density at radius 1 is 1.12 bits per heavy atom. The van der Waals surface area contributed by atoms with Crippen LogP contribution in [0.25, 0.3) is 0 Å². The lowest BCUT2D eigenvalue weighted by atomic mass is 10.2. The van der Waals surface area contributed by atoms with Gasteiger partial charge in [0.2, 0.25) is 10.0 Å². The molecular formula is C14H20F3NO4S2. The number of hydrogen-bond acceptors (Lipinski definition) is 4. The molecule has 0 N–H and O–H groups in total. The van der Waals surface area contributed by atoms with Crippen LogP contribution in [0.15, 0.2) is 28.0 Å². The summed E-state index contributed by atoms with van der Waals surface area (Å²) in [5, 5.41) is 0. The van der Waals surface area contributed by atoms with Crippen molar-refractivity contribution < 1.29 is 30.0 Å². The lowest BCUT2D eigenvalue weighted by molar-refractivity contribution is -0.136. The Bertz CT molecular complexity index is 800. The van der Waals surface area contributed by atoms with Gasteiger partial charge in [-0.05, 0) is 30.5 Å². The van der Waals surface area contributed by atoms with Crippen LogP contribution >= 0.6 is 0 Å². The standard InChI is InChI=1S/C14H20F3NO4S2/c1-10(2)8-18(9-14(15,16)17)24(21,22)13-7-12(23(4,19)20)6-5-11(13)3/h5-7,10H,8-9H2,1-4H3. The number of nitrogens with zero attached hydrogens (tertiary/aromatic N) is 1. The fourth-order valence-corrected chi connectivity index (χ4v) is 4.64. The third-order valence-electron chi connectivity index (χ3n) is 3.13. The molecule has 0 aromatic heterocycles. The van der Waals surface area contributed by atoms with Crippen LogP contribution in [0.1, 0.15) is 19.4 Å². The summed E-state index contributed by atoms with van der Waals surface area (Å²) in [7, 11) is -8.19. The summed E-state index contributed by atoms with van der Waals surface area (Å²) in [5.74, 6) is -0.333. The van der Waals surface area contributed by atoms with Crippen molar-refractivity contribution in [3.63, 3.8) is 0 Å². The van der Waals surface area contributed by atoms with Crippen LogP contribution in [0.2, 0.25) is 0 Å². The van der Waals surface area contributed by atoms with Gasteiger partial charge in [0.1, 0.15) is 6.54 Å². The van der Waals surface area contributed by atoms with E-state index in [0.717, 1.165) is 12.3 Å². The molecule has 138 valence electrons. The van der Waals surface area contributed by atoms with Crippen LogP contribution in [-0.2, 0) is 19.9 Å². The summed E-state index contributed by atoms with van der Waals surface area (Å²) in [5.41, 5.74) is 0.179. The van der Waals surface area contributed by atoms with Crippen LogP contribution in [0.4, 0.5) is 13.2 Å². The molecule has 0 atom stereocenters. The van der Waals surface area contributed by atoms with Gasteiger partial charge in [-0.2, -0.15) is 17.5 Å². The van der Waals surface area contributed by atoms with E-state index >= 15 is 0 Å². The maximum absolute atomic E-state index is 12.8. The normalized spacial score (nSPS) is 13.7. The van der Waals surface area contributed by atoms with Crippen LogP contribution in [0.5, 0.6) is 0 Å². The minimum absolute atomic E-state index is 0.179. The molecule has 0 fully saturated rings. The Hall–Kier alpha value is -1.13. The highest BCUT2D eigenvalue weighted by atomic mass is 32.2. The largest absolute Gasteiger partial charge is 0.402 e. The minimum Gasteiger partial charge on any atom is -0.224 e. The van der Waals surface area contributed by atoms with Gasteiger partial charge in [0, 0.05) is 12.8 Å². The molecule has 0 aliphatic heterocycles. The molecule has 5 nitrogen and oxygen atoms in total. The smallest absolute Gasteiger partial charge is 0.224 e. The van der Waals surface area contributed by atoms with Crippen LogP contribution in [0.3, 0.4) is 0 Å². The van der Waals surface area contributed by atoms with Gasteiger partial charge in [-0.25, -0.2) is 16.8 Å². The summed E-state index contributed by atoms with van der Waals surface area (Å²) in [6.45, 7) is 2.64. The zero-order chi connectivity index (χ0) is 18.9. The highest BCUT2D eigenvalue weighted by Gasteiger charge is 2.38. The Balaban J connectivity index is 3.49. The van der Waals surface area contributed by atoms with Gasteiger partial charge in [0.15, 0.2) is 9.84 Å². The number of rotatable bonds is 6. The quantitative estimate of drug-likeness (QED) is 0.752. The molecule has 0 spiro atoms. The third kappa shape index (κ3) is 5.45. The summed E-state index contributed by atoms with van der Waals surface area (Å²) in [6.07, 6.45) is -3.81. The zero-order valence-electron chi connectivity index (χ0n) is 13.8. The number of sulfonamides is 1. The first-order valence-corrected chi connectivity index (χ1v) is 10.4. The summed E-state index contributed by atoms with van der Waals surface area (Å²) in [6, 6.07) is 3.40. The van der Waals surface area contributed by atoms with Gasteiger partial charge in [0.05, 0.1) is 9.79 Å². The van der Waals surface area contributed by atoms with E-state index in [-0.39, 0.29) is 22.9 Å². The van der Waals surface area contributed by atoms with E-state index in [2.05, 4.69) is 0 Å². The van der Waals surface area contributed by atoms with E-state index in [1.54, 1.807) is 13.8 Å². The molecule has 0 heterocycles. The van der Waals surface area contributed by atoms with E-state index < -0.39 is 37.5 Å². The van der Waals surface area contributed by atoms with Crippen molar-refractivity contribution in [1.29, 1.82) is 0 Å². The maximum Gasteiger partial charge on any atom is 0.402 e. The molecule has 0 aliphatic carbocycles. The highest BCUT2D eigenvalue weighted by molar-refractivity contribution is 7.91. The Morgan fingerprint density at radius 3 is 2.08 bits per heavy atom. The lowest BCUT2D eigenvalue weighted by Crippen LogP contribution is -2.41. The van der Waals surface area contributed by atoms with Crippen LogP contribution in [-0.4, -0.2) is 46.7 Å². The van der Waals surface area contributed by atoms with Crippen LogP contribution in [0, 0.1) is 12.8 Å². The van der Waals surface area contributed by atoms with Crippen molar-refractivity contribution in [2.75, 3.05) is 19.3 Å². The number of aryl methyl sites for hydroxylation is 1. The molecule has 10 heteroatoms. The number of alkyl halides is 3. The predicted octanol–water partition coefficient (Wildman–Crippen LogP) is 2.61. The second-order valence-corrected chi connectivity index (χ2v) is 9.93. The molecule has 0 amide bonds. The SMILES string of the molecule is Cc1ccc(S(C)(=O)=O)cc1S(=O)(=O)N(CC(C)C)CC(F)(F)F. The van der Waals surface area contributed by atoms with Crippen molar-refractivity contribution in [3.8, 4) is 0 Å². The average molecular weight is 387 g/mol. The molecular weight excluding hydrogens is 367 g/mol. The lowest BCUT2D eigenvalue weighted by Gasteiger charge is -2.26. The number of halogens is 3. The van der Waals surface area contributed by atoms with Gasteiger partial charge in [-0.15, -0.1) is 0 Å². The number of sulfone groups is 1. The fourth-order valence-electron chi connectivity index (χ4n) is 2.08. The summed E-state index contributed by atoms with van der Waals surface area (Å²) in [4.78, 5) is -0.696. The molecule has 0 saturated carbocycles. The van der Waals surface area contributed by atoms with Gasteiger partial charge >= 0.3 is 6.18 Å². The Kier molecular flexibility index (Phi) is 6.11. The second-order valence-electron chi connectivity index (χ2n) is 6.01. The average Bonchev–Trinajstić information content (AvgIpc) is 2.34. The monoisotopic (exact) mass is 387 g/mol. The number of benzene rings is 1. The minimum atomic E-state index is -4.70. The number of hydrogen-bond donors (Lipinski definition) is 0. The van der Waals surface area contributed by atoms with Gasteiger partial charge in [-0.3, -0.25) is 0 Å². The van der Waals surface area contributed by atoms with Gasteiger partial charge in [0.25, 0.3) is 0 Å². The van der Waals surface area contributed by atoms with Crippen molar-refractivity contribution in [2.45, 2.75) is 36.7 Å². The topological polar surface area (TPSA) is 71.5 Å². The van der Waals surface area contributed by atoms with E-state index in [1.165, 1.54) is 19.1 Å². The van der Waals surface area contributed by atoms with Gasteiger partial charge in [-0.1, -0.05) is 19.9 Å². The zero-order valence-corrected chi connectivity index (χ0v) is 15.4. The van der Waals surface area contributed by atoms with E-state index in [1.807, 2.05) is 0 Å². The molecule has 0 unspecified atom stereocenters. The molecule has 1 aromatic carbocycles. The Labute approximate surface area is 140 Å². The van der Waals surface area contributed by atoms with E-state index in [9.17, 15) is 30.0 Å². The predicted molar refractivity (Wildman–Crippen MR) is 83.9 cm³/mol. The first-order valence-electron chi connectivity index (χ1n) is 7.02. The maximum atomic E-state index is 12.8. The summed E-state index contributed by atoms with van der Waals surface area (Å²) < 4.78 is 87.2. The second kappa shape index (κ2) is 7.01. The molecule has 0 bridgehead atoms. The van der Waals surface area contributed by atoms with Crippen molar-refractivity contribution in [3.05, 3.63) is 23.8 Å². The highest BCUT2D eigenvalue weighted by Crippen LogP contribution is 2.27. The first kappa shape index (κ1) is 20.9. The van der Waals surface area contributed by atoms with Crippen molar-refractivity contribution in [1.82, 2.24) is 4.31 Å². The summed E-state index contributed by atoms with van der Waals surface area (Å²) >= 11 is 0. The fraction of sp³-hybridized carbons (Fsp3) is 0.571. The van der Waals surface area contributed by atoms with Crippen LogP contribution < -0.4 is 0 Å². The molecule has 1 rings (SSSR count). The van der Waals surface area contributed by atoms with E-state index in [4.69, 9.17) is 0 Å². The van der Waals surface area contributed by atoms with Crippen molar-refractivity contribution in [2.24, 2.45) is 5.92 Å². The van der Waals surface area contributed by atoms with E-state index in [0.29, 0.717) is 4.31 Å². The Morgan fingerprint density at radius 2 is 1.67 bits per heavy atom. The molecule has 1 aromatic rings. The third-order valence-corrected chi connectivity index (χ3v) is 6.19. The molecule has 0 saturated heterocycles. The molecule has 0 aliphatic rings. The molecule has 0 radical (unpaired) electrons. The molecule has 24 heavy (non-hydrogen) atoms. The van der Waals surface area contributed by atoms with Crippen molar-refractivity contribution >= 4 is 19.9 Å².